The van der Waals surface area contributed by atoms with Crippen molar-refractivity contribution < 1.29 is 17.7 Å². The summed E-state index contributed by atoms with van der Waals surface area (Å²) in [5.74, 6) is 0.244. The van der Waals surface area contributed by atoms with Gasteiger partial charge in [0.1, 0.15) is 6.04 Å². The van der Waals surface area contributed by atoms with Crippen LogP contribution < -0.4 is 5.32 Å². The molecular weight excluding hydrogens is 332 g/mol. The van der Waals surface area contributed by atoms with Crippen molar-refractivity contribution in [1.29, 1.82) is 0 Å². The summed E-state index contributed by atoms with van der Waals surface area (Å²) in [5.41, 5.74) is 0.782. The summed E-state index contributed by atoms with van der Waals surface area (Å²) in [7, 11) is -3.45. The van der Waals surface area contributed by atoms with E-state index in [1.54, 1.807) is 12.2 Å². The SMILES string of the molecule is CS(=O)(=O)N1CC=C[C@@H]1C(=O)NCc1noc(-c2ccccc2)n1. The van der Waals surface area contributed by atoms with Gasteiger partial charge in [-0.1, -0.05) is 35.5 Å². The van der Waals surface area contributed by atoms with Crippen molar-refractivity contribution in [2.75, 3.05) is 12.8 Å². The average molecular weight is 348 g/mol. The van der Waals surface area contributed by atoms with Crippen LogP contribution >= 0.6 is 0 Å². The predicted molar refractivity (Wildman–Crippen MR) is 86.1 cm³/mol. The lowest BCUT2D eigenvalue weighted by molar-refractivity contribution is -0.123. The van der Waals surface area contributed by atoms with E-state index in [-0.39, 0.29) is 13.1 Å². The van der Waals surface area contributed by atoms with E-state index in [9.17, 15) is 13.2 Å². The molecule has 24 heavy (non-hydrogen) atoms. The zero-order chi connectivity index (χ0) is 17.2. The maximum absolute atomic E-state index is 12.2. The fourth-order valence-electron chi connectivity index (χ4n) is 2.36. The van der Waals surface area contributed by atoms with Crippen LogP contribution in [0.15, 0.2) is 47.0 Å². The average Bonchev–Trinajstić information content (AvgIpc) is 3.22. The third-order valence-electron chi connectivity index (χ3n) is 3.52. The van der Waals surface area contributed by atoms with Crippen LogP contribution in [0.5, 0.6) is 0 Å². The van der Waals surface area contributed by atoms with Gasteiger partial charge in [-0.05, 0) is 12.1 Å². The van der Waals surface area contributed by atoms with Crippen LogP contribution in [0.1, 0.15) is 5.82 Å². The molecular formula is C15H16N4O4S. The molecule has 1 aliphatic rings. The van der Waals surface area contributed by atoms with Crippen molar-refractivity contribution in [1.82, 2.24) is 19.8 Å². The highest BCUT2D eigenvalue weighted by Gasteiger charge is 2.32. The lowest BCUT2D eigenvalue weighted by Gasteiger charge is -2.20. The Kier molecular flexibility index (Phi) is 4.45. The van der Waals surface area contributed by atoms with Gasteiger partial charge in [-0.3, -0.25) is 4.79 Å². The second-order valence-corrected chi connectivity index (χ2v) is 7.24. The van der Waals surface area contributed by atoms with Gasteiger partial charge in [-0.2, -0.15) is 9.29 Å². The molecule has 1 aromatic carbocycles. The van der Waals surface area contributed by atoms with Crippen LogP contribution in [0, 0.1) is 0 Å². The topological polar surface area (TPSA) is 105 Å². The molecule has 0 aliphatic carbocycles. The molecule has 0 saturated carbocycles. The zero-order valence-corrected chi connectivity index (χ0v) is 13.7. The van der Waals surface area contributed by atoms with Crippen LogP contribution in [-0.2, 0) is 21.4 Å². The summed E-state index contributed by atoms with van der Waals surface area (Å²) < 4.78 is 29.6. The van der Waals surface area contributed by atoms with Gasteiger partial charge in [-0.25, -0.2) is 8.42 Å². The summed E-state index contributed by atoms with van der Waals surface area (Å²) in [5, 5.41) is 6.43. The Balaban J connectivity index is 1.63. The van der Waals surface area contributed by atoms with Gasteiger partial charge in [0, 0.05) is 12.1 Å². The van der Waals surface area contributed by atoms with Crippen LogP contribution in [0.3, 0.4) is 0 Å². The maximum Gasteiger partial charge on any atom is 0.257 e. The lowest BCUT2D eigenvalue weighted by atomic mass is 10.2. The highest BCUT2D eigenvalue weighted by Crippen LogP contribution is 2.16. The summed E-state index contributed by atoms with van der Waals surface area (Å²) in [6, 6.07) is 8.41. The zero-order valence-electron chi connectivity index (χ0n) is 12.9. The number of nitrogens with one attached hydrogen (secondary N) is 1. The molecule has 3 rings (SSSR count). The van der Waals surface area contributed by atoms with E-state index in [2.05, 4.69) is 15.5 Å². The van der Waals surface area contributed by atoms with E-state index >= 15 is 0 Å². The molecule has 0 saturated heterocycles. The molecule has 2 aromatic rings. The molecule has 0 spiro atoms. The second kappa shape index (κ2) is 6.54. The lowest BCUT2D eigenvalue weighted by Crippen LogP contribution is -2.45. The van der Waals surface area contributed by atoms with E-state index < -0.39 is 22.0 Å². The Morgan fingerprint density at radius 2 is 2.12 bits per heavy atom. The first kappa shape index (κ1) is 16.3. The molecule has 0 fully saturated rings. The van der Waals surface area contributed by atoms with Crippen molar-refractivity contribution in [3.63, 3.8) is 0 Å². The van der Waals surface area contributed by atoms with E-state index in [0.29, 0.717) is 11.7 Å². The van der Waals surface area contributed by atoms with Crippen LogP contribution in [0.25, 0.3) is 11.5 Å². The summed E-state index contributed by atoms with van der Waals surface area (Å²) >= 11 is 0. The van der Waals surface area contributed by atoms with Crippen LogP contribution in [0.2, 0.25) is 0 Å². The van der Waals surface area contributed by atoms with Crippen molar-refractivity contribution in [3.05, 3.63) is 48.3 Å². The maximum atomic E-state index is 12.2. The standard InChI is InChI=1S/C15H16N4O4S/c1-24(21,22)19-9-5-8-12(19)14(20)16-10-13-17-15(23-18-13)11-6-3-2-4-7-11/h2-8,12H,9-10H2,1H3,(H,16,20)/t12-/m1/s1. The summed E-state index contributed by atoms with van der Waals surface area (Å²) in [4.78, 5) is 16.4. The van der Waals surface area contributed by atoms with Gasteiger partial charge >= 0.3 is 0 Å². The smallest absolute Gasteiger partial charge is 0.257 e. The van der Waals surface area contributed by atoms with Gasteiger partial charge in [0.05, 0.1) is 12.8 Å². The molecule has 1 aliphatic heterocycles. The number of amides is 1. The minimum atomic E-state index is -3.45. The Labute approximate surface area is 139 Å². The molecule has 0 bridgehead atoms. The number of rotatable bonds is 5. The number of carbonyl (C=O) groups is 1. The third kappa shape index (κ3) is 3.52. The molecule has 9 heteroatoms. The first-order chi connectivity index (χ1) is 11.4. The van der Waals surface area contributed by atoms with Crippen molar-refractivity contribution >= 4 is 15.9 Å². The summed E-state index contributed by atoms with van der Waals surface area (Å²) in [6.45, 7) is 0.244. The Morgan fingerprint density at radius 3 is 2.83 bits per heavy atom. The Morgan fingerprint density at radius 1 is 1.38 bits per heavy atom. The fourth-order valence-corrected chi connectivity index (χ4v) is 3.29. The number of carbonyl (C=O) groups excluding carboxylic acids is 1. The van der Waals surface area contributed by atoms with Gasteiger partial charge in [0.25, 0.3) is 5.89 Å². The van der Waals surface area contributed by atoms with Gasteiger partial charge < -0.3 is 9.84 Å². The Bertz CT molecular complexity index is 861. The summed E-state index contributed by atoms with van der Waals surface area (Å²) in [6.07, 6.45) is 4.28. The minimum absolute atomic E-state index is 0.0527. The molecule has 8 nitrogen and oxygen atoms in total. The normalized spacial score (nSPS) is 18.0. The second-order valence-electron chi connectivity index (χ2n) is 5.31. The van der Waals surface area contributed by atoms with Crippen molar-refractivity contribution in [3.8, 4) is 11.5 Å². The molecule has 1 aromatic heterocycles. The van der Waals surface area contributed by atoms with Crippen LogP contribution in [-0.4, -0.2) is 47.6 Å². The predicted octanol–water partition coefficient (Wildman–Crippen LogP) is 0.553. The van der Waals surface area contributed by atoms with Crippen molar-refractivity contribution in [2.24, 2.45) is 0 Å². The van der Waals surface area contributed by atoms with E-state index in [1.165, 1.54) is 0 Å². The quantitative estimate of drug-likeness (QED) is 0.791. The van der Waals surface area contributed by atoms with Gasteiger partial charge in [0.2, 0.25) is 15.9 Å². The number of sulfonamides is 1. The number of hydrogen-bond acceptors (Lipinski definition) is 6. The molecule has 126 valence electrons. The van der Waals surface area contributed by atoms with E-state index in [1.807, 2.05) is 30.3 Å². The number of aromatic nitrogens is 2. The molecule has 1 atom stereocenters. The highest BCUT2D eigenvalue weighted by molar-refractivity contribution is 7.88. The highest BCUT2D eigenvalue weighted by atomic mass is 32.2. The third-order valence-corrected chi connectivity index (χ3v) is 4.75. The number of hydrogen-bond donors (Lipinski definition) is 1. The first-order valence-electron chi connectivity index (χ1n) is 7.24. The Hall–Kier alpha value is -2.52. The fraction of sp³-hybridized carbons (Fsp3) is 0.267. The molecule has 0 unspecified atom stereocenters. The van der Waals surface area contributed by atoms with E-state index in [4.69, 9.17) is 4.52 Å². The number of benzene rings is 1. The molecule has 1 N–H and O–H groups in total. The molecule has 2 heterocycles. The largest absolute Gasteiger partial charge is 0.347 e. The molecule has 0 radical (unpaired) electrons. The monoisotopic (exact) mass is 348 g/mol. The first-order valence-corrected chi connectivity index (χ1v) is 9.09. The van der Waals surface area contributed by atoms with Crippen LogP contribution in [0.4, 0.5) is 0 Å². The van der Waals surface area contributed by atoms with Gasteiger partial charge in [0.15, 0.2) is 5.82 Å². The molecule has 1 amide bonds. The van der Waals surface area contributed by atoms with E-state index in [0.717, 1.165) is 16.1 Å². The van der Waals surface area contributed by atoms with Crippen molar-refractivity contribution in [2.45, 2.75) is 12.6 Å². The van der Waals surface area contributed by atoms with Gasteiger partial charge in [-0.15, -0.1) is 0 Å². The number of nitrogens with zero attached hydrogens (tertiary/aromatic N) is 3. The minimum Gasteiger partial charge on any atom is -0.347 e.